The van der Waals surface area contributed by atoms with Gasteiger partial charge in [0.05, 0.1) is 11.0 Å². The van der Waals surface area contributed by atoms with Crippen LogP contribution in [-0.2, 0) is 0 Å². The van der Waals surface area contributed by atoms with Crippen LogP contribution in [0.4, 0.5) is 0 Å². The number of para-hydroxylation sites is 2. The van der Waals surface area contributed by atoms with Crippen LogP contribution in [0.2, 0.25) is 0 Å². The largest absolute Gasteiger partial charge is 0.351 e. The molecule has 4 aliphatic rings. The molecule has 2 saturated heterocycles. The van der Waals surface area contributed by atoms with E-state index in [1.807, 2.05) is 28.8 Å². The fourth-order valence-corrected chi connectivity index (χ4v) is 8.17. The molecule has 194 valence electrons. The summed E-state index contributed by atoms with van der Waals surface area (Å²) in [6, 6.07) is 9.31. The Kier molecular flexibility index (Phi) is 5.64. The van der Waals surface area contributed by atoms with Gasteiger partial charge in [-0.2, -0.15) is 9.78 Å². The third kappa shape index (κ3) is 3.98. The van der Waals surface area contributed by atoms with E-state index in [0.29, 0.717) is 23.6 Å². The van der Waals surface area contributed by atoms with Gasteiger partial charge in [-0.05, 0) is 62.5 Å². The smallest absolute Gasteiger partial charge is 0.300 e. The summed E-state index contributed by atoms with van der Waals surface area (Å²) in [7, 11) is 0. The fraction of sp³-hybridized carbons (Fsp3) is 0.607. The molecular weight excluding hydrogens is 468 g/mol. The number of benzene rings is 1. The second-order valence-electron chi connectivity index (χ2n) is 11.8. The van der Waals surface area contributed by atoms with Gasteiger partial charge in [0, 0.05) is 24.2 Å². The number of nitrogens with zero attached hydrogens (tertiary/aromatic N) is 5. The SMILES string of the molecule is O=c1cnn(-c2nc3ccccc3n(C3CC4CCC(C3)N4C3CC4CCCC(CC4)C3)c2=O)c(=O)[nH]1. The third-order valence-electron chi connectivity index (χ3n) is 9.66. The number of aromatic nitrogens is 5. The Morgan fingerprint density at radius 3 is 2.19 bits per heavy atom. The van der Waals surface area contributed by atoms with Crippen molar-refractivity contribution in [1.29, 1.82) is 0 Å². The summed E-state index contributed by atoms with van der Waals surface area (Å²) >= 11 is 0. The van der Waals surface area contributed by atoms with E-state index in [0.717, 1.165) is 41.1 Å². The van der Waals surface area contributed by atoms with E-state index < -0.39 is 11.2 Å². The highest BCUT2D eigenvalue weighted by Gasteiger charge is 2.46. The number of aromatic amines is 1. The molecule has 1 N–H and O–H groups in total. The summed E-state index contributed by atoms with van der Waals surface area (Å²) in [5.41, 5.74) is -0.261. The molecule has 3 aromatic rings. The molecule has 0 amide bonds. The molecule has 4 fully saturated rings. The van der Waals surface area contributed by atoms with Crippen molar-refractivity contribution in [3.05, 3.63) is 61.7 Å². The van der Waals surface area contributed by atoms with Crippen LogP contribution in [0.25, 0.3) is 16.9 Å². The Balaban J connectivity index is 1.26. The first-order valence-corrected chi connectivity index (χ1v) is 14.0. The molecule has 2 aliphatic heterocycles. The van der Waals surface area contributed by atoms with E-state index in [1.54, 1.807) is 0 Å². The number of rotatable bonds is 3. The maximum atomic E-state index is 13.9. The average Bonchev–Trinajstić information content (AvgIpc) is 3.07. The van der Waals surface area contributed by atoms with Gasteiger partial charge in [0.2, 0.25) is 5.82 Å². The molecule has 7 rings (SSSR count). The van der Waals surface area contributed by atoms with E-state index in [4.69, 9.17) is 0 Å². The quantitative estimate of drug-likeness (QED) is 0.590. The molecule has 9 heteroatoms. The Hall–Kier alpha value is -3.07. The van der Waals surface area contributed by atoms with Gasteiger partial charge in [0.15, 0.2) is 0 Å². The first-order valence-electron chi connectivity index (χ1n) is 14.0. The number of piperidine rings is 1. The Morgan fingerprint density at radius 2 is 1.49 bits per heavy atom. The van der Waals surface area contributed by atoms with Gasteiger partial charge in [0.25, 0.3) is 11.1 Å². The fourth-order valence-electron chi connectivity index (χ4n) is 8.17. The van der Waals surface area contributed by atoms with E-state index in [2.05, 4.69) is 20.0 Å². The minimum atomic E-state index is -0.757. The second kappa shape index (κ2) is 9.04. The van der Waals surface area contributed by atoms with Crippen LogP contribution in [0, 0.1) is 11.8 Å². The van der Waals surface area contributed by atoms with Gasteiger partial charge >= 0.3 is 5.69 Å². The summed E-state index contributed by atoms with van der Waals surface area (Å²) in [6.45, 7) is 0. The van der Waals surface area contributed by atoms with E-state index in [9.17, 15) is 14.4 Å². The molecule has 4 heterocycles. The van der Waals surface area contributed by atoms with Crippen molar-refractivity contribution < 1.29 is 0 Å². The Bertz CT molecular complexity index is 1480. The monoisotopic (exact) mass is 502 g/mol. The molecular formula is C28H34N6O3. The predicted molar refractivity (Wildman–Crippen MR) is 140 cm³/mol. The maximum Gasteiger partial charge on any atom is 0.351 e. The van der Waals surface area contributed by atoms with Gasteiger partial charge in [-0.15, -0.1) is 0 Å². The minimum Gasteiger partial charge on any atom is -0.300 e. The van der Waals surface area contributed by atoms with Crippen LogP contribution in [0.5, 0.6) is 0 Å². The van der Waals surface area contributed by atoms with Crippen LogP contribution < -0.4 is 16.8 Å². The summed E-state index contributed by atoms with van der Waals surface area (Å²) in [4.78, 5) is 47.6. The van der Waals surface area contributed by atoms with Crippen LogP contribution in [0.15, 0.2) is 44.8 Å². The highest BCUT2D eigenvalue weighted by atomic mass is 16.2. The van der Waals surface area contributed by atoms with Gasteiger partial charge in [-0.3, -0.25) is 19.5 Å². The lowest BCUT2D eigenvalue weighted by molar-refractivity contribution is 0.0402. The summed E-state index contributed by atoms with van der Waals surface area (Å²) in [5, 5.41) is 3.93. The number of hydrogen-bond donors (Lipinski definition) is 1. The molecule has 0 radical (unpaired) electrons. The zero-order chi connectivity index (χ0) is 25.1. The number of nitrogens with one attached hydrogen (secondary N) is 1. The number of H-pyrrole nitrogens is 1. The van der Waals surface area contributed by atoms with Crippen molar-refractivity contribution >= 4 is 11.0 Å². The first-order chi connectivity index (χ1) is 18.0. The van der Waals surface area contributed by atoms with E-state index in [-0.39, 0.29) is 17.4 Å². The van der Waals surface area contributed by atoms with Crippen molar-refractivity contribution in [1.82, 2.24) is 29.2 Å². The van der Waals surface area contributed by atoms with Crippen molar-refractivity contribution in [3.63, 3.8) is 0 Å². The van der Waals surface area contributed by atoms with Gasteiger partial charge < -0.3 is 4.57 Å². The van der Waals surface area contributed by atoms with Gasteiger partial charge in [-0.1, -0.05) is 44.2 Å². The van der Waals surface area contributed by atoms with E-state index in [1.165, 1.54) is 57.8 Å². The summed E-state index contributed by atoms with van der Waals surface area (Å²) in [6.07, 6.45) is 15.0. The zero-order valence-corrected chi connectivity index (χ0v) is 21.1. The number of hydrogen-bond acceptors (Lipinski definition) is 6. The molecule has 37 heavy (non-hydrogen) atoms. The van der Waals surface area contributed by atoms with Gasteiger partial charge in [0.1, 0.15) is 6.20 Å². The topological polar surface area (TPSA) is 106 Å². The van der Waals surface area contributed by atoms with Crippen LogP contribution >= 0.6 is 0 Å². The average molecular weight is 503 g/mol. The standard InChI is InChI=1S/C28H34N6O3/c35-25-16-29-34(28(37)31-25)26-27(36)33(24-7-2-1-6-23(24)30-26)22-14-19-10-11-20(15-22)32(19)21-12-17-4-3-5-18(13-21)9-8-17/h1-2,6-7,16-22H,3-5,8-15H2,(H,31,35,37). The van der Waals surface area contributed by atoms with Gasteiger partial charge in [-0.25, -0.2) is 9.78 Å². The van der Waals surface area contributed by atoms with Crippen LogP contribution in [0.3, 0.4) is 0 Å². The normalized spacial score (nSPS) is 31.9. The van der Waals surface area contributed by atoms with Crippen molar-refractivity contribution in [2.45, 2.75) is 94.8 Å². The highest BCUT2D eigenvalue weighted by Crippen LogP contribution is 2.47. The molecule has 9 nitrogen and oxygen atoms in total. The Morgan fingerprint density at radius 1 is 0.784 bits per heavy atom. The van der Waals surface area contributed by atoms with Crippen molar-refractivity contribution in [2.75, 3.05) is 0 Å². The second-order valence-corrected chi connectivity index (χ2v) is 11.8. The lowest BCUT2D eigenvalue weighted by atomic mass is 9.85. The lowest BCUT2D eigenvalue weighted by Crippen LogP contribution is -2.51. The Labute approximate surface area is 214 Å². The lowest BCUT2D eigenvalue weighted by Gasteiger charge is -2.45. The van der Waals surface area contributed by atoms with Crippen LogP contribution in [-0.4, -0.2) is 47.3 Å². The molecule has 1 aromatic carbocycles. The molecule has 2 saturated carbocycles. The molecule has 4 unspecified atom stereocenters. The summed E-state index contributed by atoms with van der Waals surface area (Å²) in [5.74, 6) is 1.70. The van der Waals surface area contributed by atoms with E-state index >= 15 is 0 Å². The molecule has 4 atom stereocenters. The van der Waals surface area contributed by atoms with Crippen molar-refractivity contribution in [2.24, 2.45) is 11.8 Å². The maximum absolute atomic E-state index is 13.9. The molecule has 2 aliphatic carbocycles. The third-order valence-corrected chi connectivity index (χ3v) is 9.66. The minimum absolute atomic E-state index is 0.0386. The highest BCUT2D eigenvalue weighted by molar-refractivity contribution is 5.75. The van der Waals surface area contributed by atoms with Crippen LogP contribution in [0.1, 0.15) is 76.7 Å². The van der Waals surface area contributed by atoms with Crippen molar-refractivity contribution in [3.8, 4) is 5.82 Å². The summed E-state index contributed by atoms with van der Waals surface area (Å²) < 4.78 is 2.78. The predicted octanol–water partition coefficient (Wildman–Crippen LogP) is 3.16. The molecule has 4 bridgehead atoms. The first kappa shape index (κ1) is 23.1. The number of fused-ring (bicyclic) bond motifs is 6. The molecule has 0 spiro atoms. The molecule has 2 aromatic heterocycles. The zero-order valence-electron chi connectivity index (χ0n) is 21.1.